The summed E-state index contributed by atoms with van der Waals surface area (Å²) in [5, 5.41) is 3.73. The van der Waals surface area contributed by atoms with Gasteiger partial charge in [0.25, 0.3) is 0 Å². The Labute approximate surface area is 92.9 Å². The van der Waals surface area contributed by atoms with Crippen molar-refractivity contribution in [3.05, 3.63) is 47.6 Å². The topological polar surface area (TPSA) is 50.9 Å². The predicted octanol–water partition coefficient (Wildman–Crippen LogP) is 3.06. The molecule has 0 spiro atoms. The molecule has 2 aromatic rings. The van der Waals surface area contributed by atoms with Gasteiger partial charge in [-0.05, 0) is 30.3 Å². The number of nitrogen functional groups attached to an aromatic ring is 1. The average molecular weight is 220 g/mol. The van der Waals surface area contributed by atoms with Crippen LogP contribution in [0.15, 0.2) is 42.6 Å². The number of hydrogen-bond acceptors (Lipinski definition) is 3. The maximum Gasteiger partial charge on any atom is 0.130 e. The van der Waals surface area contributed by atoms with E-state index in [0.717, 1.165) is 11.5 Å². The van der Waals surface area contributed by atoms with Crippen LogP contribution in [0.1, 0.15) is 0 Å². The number of hydrogen-bond donors (Lipinski definition) is 2. The van der Waals surface area contributed by atoms with Crippen molar-refractivity contribution >= 4 is 28.8 Å². The van der Waals surface area contributed by atoms with Crippen molar-refractivity contribution in [1.29, 1.82) is 0 Å². The molecule has 0 saturated carbocycles. The summed E-state index contributed by atoms with van der Waals surface area (Å²) in [4.78, 5) is 4.14. The molecule has 0 bridgehead atoms. The number of nitrogens with zero attached hydrogens (tertiary/aromatic N) is 1. The van der Waals surface area contributed by atoms with Crippen LogP contribution in [-0.2, 0) is 0 Å². The number of benzene rings is 1. The van der Waals surface area contributed by atoms with E-state index in [1.54, 1.807) is 24.4 Å². The second kappa shape index (κ2) is 4.19. The van der Waals surface area contributed by atoms with Gasteiger partial charge in [0.05, 0.1) is 11.4 Å². The summed E-state index contributed by atoms with van der Waals surface area (Å²) in [5.41, 5.74) is 7.20. The molecule has 15 heavy (non-hydrogen) atoms. The van der Waals surface area contributed by atoms with Gasteiger partial charge >= 0.3 is 0 Å². The molecule has 0 aliphatic heterocycles. The smallest absolute Gasteiger partial charge is 0.130 e. The molecule has 0 unspecified atom stereocenters. The first-order valence-corrected chi connectivity index (χ1v) is 4.86. The Kier molecular flexibility index (Phi) is 2.74. The van der Waals surface area contributed by atoms with E-state index in [-0.39, 0.29) is 0 Å². The van der Waals surface area contributed by atoms with E-state index in [9.17, 15) is 0 Å². The van der Waals surface area contributed by atoms with Crippen molar-refractivity contribution in [2.45, 2.75) is 0 Å². The summed E-state index contributed by atoms with van der Waals surface area (Å²) in [6.45, 7) is 0. The normalized spacial score (nSPS) is 9.93. The fourth-order valence-electron chi connectivity index (χ4n) is 1.21. The number of halogens is 1. The lowest BCUT2D eigenvalue weighted by molar-refractivity contribution is 1.31. The maximum absolute atomic E-state index is 5.87. The highest BCUT2D eigenvalue weighted by molar-refractivity contribution is 6.31. The van der Waals surface area contributed by atoms with Crippen LogP contribution in [0.3, 0.4) is 0 Å². The Morgan fingerprint density at radius 3 is 2.80 bits per heavy atom. The van der Waals surface area contributed by atoms with Crippen molar-refractivity contribution in [3.8, 4) is 0 Å². The predicted molar refractivity (Wildman–Crippen MR) is 63.4 cm³/mol. The fraction of sp³-hybridized carbons (Fsp3) is 0. The standard InChI is InChI=1S/C11H10ClN3/c12-8-4-5-9(13)10(7-8)15-11-3-1-2-6-14-11/h1-7H,13H2,(H,14,15). The minimum atomic E-state index is 0.641. The molecule has 3 nitrogen and oxygen atoms in total. The lowest BCUT2D eigenvalue weighted by Gasteiger charge is -2.08. The van der Waals surface area contributed by atoms with E-state index >= 15 is 0 Å². The third kappa shape index (κ3) is 2.39. The molecular weight excluding hydrogens is 210 g/mol. The highest BCUT2D eigenvalue weighted by Crippen LogP contribution is 2.25. The van der Waals surface area contributed by atoms with Gasteiger partial charge < -0.3 is 11.1 Å². The molecule has 1 heterocycles. The van der Waals surface area contributed by atoms with Crippen LogP contribution in [0.4, 0.5) is 17.2 Å². The molecule has 1 aromatic carbocycles. The van der Waals surface area contributed by atoms with E-state index in [0.29, 0.717) is 10.7 Å². The van der Waals surface area contributed by atoms with Gasteiger partial charge in [0.15, 0.2) is 0 Å². The van der Waals surface area contributed by atoms with Crippen molar-refractivity contribution in [1.82, 2.24) is 4.98 Å². The highest BCUT2D eigenvalue weighted by Gasteiger charge is 2.00. The first-order valence-electron chi connectivity index (χ1n) is 4.49. The number of nitrogens with two attached hydrogens (primary N) is 1. The first-order chi connectivity index (χ1) is 7.25. The maximum atomic E-state index is 5.87. The molecule has 0 atom stereocenters. The van der Waals surface area contributed by atoms with E-state index in [4.69, 9.17) is 17.3 Å². The molecule has 0 fully saturated rings. The fourth-order valence-corrected chi connectivity index (χ4v) is 1.38. The minimum Gasteiger partial charge on any atom is -0.397 e. The molecule has 1 aromatic heterocycles. The Hall–Kier alpha value is -1.74. The van der Waals surface area contributed by atoms with Gasteiger partial charge in [-0.25, -0.2) is 4.98 Å². The summed E-state index contributed by atoms with van der Waals surface area (Å²) in [6.07, 6.45) is 1.71. The quantitative estimate of drug-likeness (QED) is 0.764. The van der Waals surface area contributed by atoms with Crippen LogP contribution < -0.4 is 11.1 Å². The zero-order chi connectivity index (χ0) is 10.7. The number of pyridine rings is 1. The molecule has 2 rings (SSSR count). The monoisotopic (exact) mass is 219 g/mol. The molecule has 0 aliphatic carbocycles. The van der Waals surface area contributed by atoms with Gasteiger partial charge in [0.2, 0.25) is 0 Å². The Bertz CT molecular complexity index is 457. The summed E-state index contributed by atoms with van der Waals surface area (Å²) >= 11 is 5.87. The van der Waals surface area contributed by atoms with Crippen LogP contribution in [0.25, 0.3) is 0 Å². The Morgan fingerprint density at radius 1 is 1.20 bits per heavy atom. The Morgan fingerprint density at radius 2 is 2.07 bits per heavy atom. The summed E-state index contributed by atoms with van der Waals surface area (Å²) in [5.74, 6) is 0.742. The van der Waals surface area contributed by atoms with Crippen LogP contribution >= 0.6 is 11.6 Å². The Balaban J connectivity index is 2.28. The van der Waals surface area contributed by atoms with Gasteiger partial charge in [0, 0.05) is 11.2 Å². The number of nitrogens with one attached hydrogen (secondary N) is 1. The van der Waals surface area contributed by atoms with Crippen molar-refractivity contribution in [2.75, 3.05) is 11.1 Å². The number of rotatable bonds is 2. The molecule has 0 aliphatic rings. The first kappa shape index (κ1) is 9.80. The lowest BCUT2D eigenvalue weighted by Crippen LogP contribution is -1.97. The molecule has 76 valence electrons. The van der Waals surface area contributed by atoms with E-state index in [1.807, 2.05) is 18.2 Å². The van der Waals surface area contributed by atoms with E-state index in [1.165, 1.54) is 0 Å². The second-order valence-electron chi connectivity index (χ2n) is 3.07. The molecule has 3 N–H and O–H groups in total. The van der Waals surface area contributed by atoms with E-state index in [2.05, 4.69) is 10.3 Å². The van der Waals surface area contributed by atoms with Gasteiger partial charge in [-0.3, -0.25) is 0 Å². The zero-order valence-electron chi connectivity index (χ0n) is 7.94. The lowest BCUT2D eigenvalue weighted by atomic mass is 10.2. The van der Waals surface area contributed by atoms with Gasteiger partial charge in [-0.2, -0.15) is 0 Å². The van der Waals surface area contributed by atoms with Crippen molar-refractivity contribution < 1.29 is 0 Å². The molecule has 4 heteroatoms. The SMILES string of the molecule is Nc1ccc(Cl)cc1Nc1ccccn1. The molecule has 0 saturated heterocycles. The van der Waals surface area contributed by atoms with Gasteiger partial charge in [-0.1, -0.05) is 17.7 Å². The third-order valence-corrected chi connectivity index (χ3v) is 2.18. The van der Waals surface area contributed by atoms with Crippen molar-refractivity contribution in [2.24, 2.45) is 0 Å². The molecular formula is C11H10ClN3. The molecule has 0 amide bonds. The van der Waals surface area contributed by atoms with Crippen molar-refractivity contribution in [3.63, 3.8) is 0 Å². The third-order valence-electron chi connectivity index (χ3n) is 1.94. The van der Waals surface area contributed by atoms with Crippen LogP contribution in [0, 0.1) is 0 Å². The van der Waals surface area contributed by atoms with Crippen LogP contribution in [0.2, 0.25) is 5.02 Å². The van der Waals surface area contributed by atoms with E-state index < -0.39 is 0 Å². The summed E-state index contributed by atoms with van der Waals surface area (Å²) in [7, 11) is 0. The summed E-state index contributed by atoms with van der Waals surface area (Å²) < 4.78 is 0. The van der Waals surface area contributed by atoms with Gasteiger partial charge in [-0.15, -0.1) is 0 Å². The number of aromatic nitrogens is 1. The van der Waals surface area contributed by atoms with Crippen LogP contribution in [-0.4, -0.2) is 4.98 Å². The average Bonchev–Trinajstić information content (AvgIpc) is 2.25. The second-order valence-corrected chi connectivity index (χ2v) is 3.51. The number of anilines is 3. The summed E-state index contributed by atoms with van der Waals surface area (Å²) in [6, 6.07) is 10.9. The zero-order valence-corrected chi connectivity index (χ0v) is 8.70. The minimum absolute atomic E-state index is 0.641. The van der Waals surface area contributed by atoms with Gasteiger partial charge in [0.1, 0.15) is 5.82 Å². The molecule has 0 radical (unpaired) electrons. The highest BCUT2D eigenvalue weighted by atomic mass is 35.5. The largest absolute Gasteiger partial charge is 0.397 e. The van der Waals surface area contributed by atoms with Crippen LogP contribution in [0.5, 0.6) is 0 Å².